The predicted molar refractivity (Wildman–Crippen MR) is 409 cm³/mol. The van der Waals surface area contributed by atoms with E-state index in [0.29, 0.717) is 31.6 Å². The highest BCUT2D eigenvalue weighted by atomic mass is 31.2. The van der Waals surface area contributed by atoms with E-state index in [-0.39, 0.29) is 25.7 Å². The zero-order valence-corrected chi connectivity index (χ0v) is 67.5. The molecule has 0 saturated heterocycles. The minimum atomic E-state index is -4.96. The fourth-order valence-electron chi connectivity index (χ4n) is 12.5. The van der Waals surface area contributed by atoms with Crippen LogP contribution in [-0.2, 0) is 65.4 Å². The molecule has 0 aromatic rings. The van der Waals surface area contributed by atoms with Gasteiger partial charge in [-0.05, 0) is 43.4 Å². The van der Waals surface area contributed by atoms with E-state index in [1.807, 2.05) is 0 Å². The van der Waals surface area contributed by atoms with Gasteiger partial charge in [0.05, 0.1) is 26.4 Å². The number of unbranched alkanes of at least 4 members (excludes halogenated alkanes) is 46. The molecule has 0 fully saturated rings. The van der Waals surface area contributed by atoms with Crippen LogP contribution in [0.15, 0.2) is 0 Å². The van der Waals surface area contributed by atoms with Gasteiger partial charge in [-0.1, -0.05) is 370 Å². The van der Waals surface area contributed by atoms with E-state index in [9.17, 15) is 43.2 Å². The summed E-state index contributed by atoms with van der Waals surface area (Å²) in [5, 5.41) is 10.6. The molecular weight excluding hydrogens is 1310 g/mol. The van der Waals surface area contributed by atoms with Crippen molar-refractivity contribution in [3.63, 3.8) is 0 Å². The van der Waals surface area contributed by atoms with Crippen LogP contribution in [0.25, 0.3) is 0 Å². The molecule has 0 bridgehead atoms. The molecule has 0 heterocycles. The molecule has 0 spiro atoms. The van der Waals surface area contributed by atoms with Crippen LogP contribution in [0.2, 0.25) is 0 Å². The molecule has 6 atom stereocenters. The second-order valence-corrected chi connectivity index (χ2v) is 33.3. The summed E-state index contributed by atoms with van der Waals surface area (Å²) in [5.74, 6) is 0.231. The molecule has 0 aliphatic heterocycles. The van der Waals surface area contributed by atoms with Gasteiger partial charge in [0.2, 0.25) is 0 Å². The van der Waals surface area contributed by atoms with Crippen molar-refractivity contribution in [2.75, 3.05) is 39.6 Å². The first-order chi connectivity index (χ1) is 48.3. The van der Waals surface area contributed by atoms with E-state index >= 15 is 0 Å². The fraction of sp³-hybridized carbons (Fsp3) is 0.951. The molecule has 0 aromatic heterocycles. The van der Waals surface area contributed by atoms with Gasteiger partial charge in [-0.2, -0.15) is 0 Å². The Morgan fingerprint density at radius 3 is 0.760 bits per heavy atom. The lowest BCUT2D eigenvalue weighted by Crippen LogP contribution is -2.30. The Balaban J connectivity index is 5.25. The number of esters is 4. The second kappa shape index (κ2) is 71.3. The molecule has 0 amide bonds. The molecule has 594 valence electrons. The average Bonchev–Trinajstić information content (AvgIpc) is 1.03. The molecule has 0 aliphatic rings. The van der Waals surface area contributed by atoms with Crippen LogP contribution in [0, 0.1) is 17.8 Å². The van der Waals surface area contributed by atoms with Crippen LogP contribution >= 0.6 is 15.6 Å². The van der Waals surface area contributed by atoms with Gasteiger partial charge in [0, 0.05) is 25.7 Å². The third-order valence-electron chi connectivity index (χ3n) is 19.2. The van der Waals surface area contributed by atoms with Gasteiger partial charge in [-0.25, -0.2) is 9.13 Å². The van der Waals surface area contributed by atoms with Crippen LogP contribution in [0.3, 0.4) is 0 Å². The van der Waals surface area contributed by atoms with Crippen molar-refractivity contribution in [1.82, 2.24) is 0 Å². The van der Waals surface area contributed by atoms with Crippen molar-refractivity contribution < 1.29 is 80.2 Å². The lowest BCUT2D eigenvalue weighted by Gasteiger charge is -2.21. The van der Waals surface area contributed by atoms with Gasteiger partial charge in [-0.3, -0.25) is 37.3 Å². The standard InChI is InChI=1S/C81H158O17P2/c1-8-10-11-12-13-14-15-16-17-18-24-30-35-42-50-57-64-81(86)98-77(69-92-79(84)63-56-49-44-37-39-46-53-60-73(5)6)71-96-100(89,90)94-67-75(82)66-93-99(87,88)95-70-76(68-91-78(83)62-55-48-41-34-29-26-21-22-27-32-38-45-52-59-72(3)4)97-80(85)65-58-51-43-36-31-25-20-19-23-28-33-40-47-54-61-74(7)9-2/h72-77,82H,8-71H2,1-7H3,(H,87,88)(H,89,90)/t74?,75-,76-,77-/m1/s1. The van der Waals surface area contributed by atoms with Gasteiger partial charge in [0.15, 0.2) is 12.2 Å². The Morgan fingerprint density at radius 2 is 0.510 bits per heavy atom. The van der Waals surface area contributed by atoms with Crippen molar-refractivity contribution in [3.8, 4) is 0 Å². The molecule has 0 radical (unpaired) electrons. The van der Waals surface area contributed by atoms with E-state index < -0.39 is 97.5 Å². The minimum Gasteiger partial charge on any atom is -0.462 e. The Bertz CT molecular complexity index is 1940. The predicted octanol–water partition coefficient (Wildman–Crippen LogP) is 24.1. The highest BCUT2D eigenvalue weighted by Crippen LogP contribution is 2.45. The largest absolute Gasteiger partial charge is 0.472 e. The SMILES string of the molecule is CCCCCCCCCCCCCCCCCCC(=O)O[C@H](COC(=O)CCCCCCCCCC(C)C)COP(=O)(O)OC[C@H](O)COP(=O)(O)OC[C@@H](COC(=O)CCCCCCCCCCCCCCCC(C)C)OC(=O)CCCCCCCCCCCCCCCCC(C)CC. The Hall–Kier alpha value is -1.94. The van der Waals surface area contributed by atoms with Crippen molar-refractivity contribution in [1.29, 1.82) is 0 Å². The van der Waals surface area contributed by atoms with Crippen molar-refractivity contribution >= 4 is 39.5 Å². The number of phosphoric acid groups is 2. The molecule has 3 unspecified atom stereocenters. The van der Waals surface area contributed by atoms with Gasteiger partial charge in [0.25, 0.3) is 0 Å². The molecule has 0 rings (SSSR count). The monoisotopic (exact) mass is 1470 g/mol. The number of phosphoric ester groups is 2. The van der Waals surface area contributed by atoms with Crippen molar-refractivity contribution in [2.24, 2.45) is 17.8 Å². The molecular formula is C81H158O17P2. The Morgan fingerprint density at radius 1 is 0.290 bits per heavy atom. The number of aliphatic hydroxyl groups excluding tert-OH is 1. The summed E-state index contributed by atoms with van der Waals surface area (Å²) in [6.45, 7) is 12.0. The number of ether oxygens (including phenoxy) is 4. The lowest BCUT2D eigenvalue weighted by molar-refractivity contribution is -0.161. The van der Waals surface area contributed by atoms with E-state index in [1.54, 1.807) is 0 Å². The first-order valence-corrected chi connectivity index (χ1v) is 44.9. The summed E-state index contributed by atoms with van der Waals surface area (Å²) in [5.41, 5.74) is 0. The minimum absolute atomic E-state index is 0.107. The topological polar surface area (TPSA) is 237 Å². The number of carbonyl (C=O) groups excluding carboxylic acids is 4. The summed E-state index contributed by atoms with van der Waals surface area (Å²) < 4.78 is 68.7. The average molecular weight is 1470 g/mol. The lowest BCUT2D eigenvalue weighted by atomic mass is 9.99. The summed E-state index contributed by atoms with van der Waals surface area (Å²) in [6.07, 6.45) is 59.6. The zero-order chi connectivity index (χ0) is 73.7. The molecule has 3 N–H and O–H groups in total. The summed E-state index contributed by atoms with van der Waals surface area (Å²) >= 11 is 0. The first kappa shape index (κ1) is 98.1. The normalized spacial score (nSPS) is 14.2. The first-order valence-electron chi connectivity index (χ1n) is 41.9. The number of rotatable bonds is 79. The highest BCUT2D eigenvalue weighted by molar-refractivity contribution is 7.47. The highest BCUT2D eigenvalue weighted by Gasteiger charge is 2.30. The van der Waals surface area contributed by atoms with Crippen molar-refractivity contribution in [3.05, 3.63) is 0 Å². The molecule has 0 aliphatic carbocycles. The van der Waals surface area contributed by atoms with Gasteiger partial charge < -0.3 is 33.8 Å². The van der Waals surface area contributed by atoms with Crippen LogP contribution < -0.4 is 0 Å². The summed E-state index contributed by atoms with van der Waals surface area (Å²) in [7, 11) is -9.92. The Kier molecular flexibility index (Phi) is 69.9. The van der Waals surface area contributed by atoms with E-state index in [2.05, 4.69) is 48.5 Å². The third kappa shape index (κ3) is 73.0. The van der Waals surface area contributed by atoms with Crippen LogP contribution in [-0.4, -0.2) is 96.7 Å². The van der Waals surface area contributed by atoms with Crippen LogP contribution in [0.5, 0.6) is 0 Å². The summed E-state index contributed by atoms with van der Waals surface area (Å²) in [6, 6.07) is 0. The van der Waals surface area contributed by atoms with Crippen molar-refractivity contribution in [2.45, 2.75) is 439 Å². The molecule has 17 nitrogen and oxygen atoms in total. The molecule has 19 heteroatoms. The number of hydrogen-bond donors (Lipinski definition) is 3. The molecule has 0 saturated carbocycles. The van der Waals surface area contributed by atoms with Crippen LogP contribution in [0.1, 0.15) is 421 Å². The quantitative estimate of drug-likeness (QED) is 0.0222. The maximum Gasteiger partial charge on any atom is 0.472 e. The second-order valence-electron chi connectivity index (χ2n) is 30.4. The van der Waals surface area contributed by atoms with E-state index in [0.717, 1.165) is 108 Å². The smallest absolute Gasteiger partial charge is 0.462 e. The van der Waals surface area contributed by atoms with Crippen LogP contribution in [0.4, 0.5) is 0 Å². The maximum absolute atomic E-state index is 13.1. The van der Waals surface area contributed by atoms with Gasteiger partial charge in [0.1, 0.15) is 19.3 Å². The fourth-order valence-corrected chi connectivity index (χ4v) is 14.0. The molecule has 0 aromatic carbocycles. The number of carbonyl (C=O) groups is 4. The number of aliphatic hydroxyl groups is 1. The van der Waals surface area contributed by atoms with E-state index in [4.69, 9.17) is 37.0 Å². The summed E-state index contributed by atoms with van der Waals surface area (Å²) in [4.78, 5) is 73.0. The molecule has 100 heavy (non-hydrogen) atoms. The third-order valence-corrected chi connectivity index (χ3v) is 21.1. The number of hydrogen-bond acceptors (Lipinski definition) is 15. The maximum atomic E-state index is 13.1. The van der Waals surface area contributed by atoms with Gasteiger partial charge in [-0.15, -0.1) is 0 Å². The van der Waals surface area contributed by atoms with E-state index in [1.165, 1.54) is 225 Å². The zero-order valence-electron chi connectivity index (χ0n) is 65.7. The Labute approximate surface area is 613 Å². The van der Waals surface area contributed by atoms with Gasteiger partial charge >= 0.3 is 39.5 Å².